The summed E-state index contributed by atoms with van der Waals surface area (Å²) in [6.07, 6.45) is 0.515. The second-order valence-corrected chi connectivity index (χ2v) is 6.59. The summed E-state index contributed by atoms with van der Waals surface area (Å²) in [4.78, 5) is 48.3. The van der Waals surface area contributed by atoms with Gasteiger partial charge in [0.1, 0.15) is 18.7 Å². The summed E-state index contributed by atoms with van der Waals surface area (Å²) in [6, 6.07) is 7.45. The molecule has 1 fully saturated rings. The Labute approximate surface area is 160 Å². The van der Waals surface area contributed by atoms with E-state index in [9.17, 15) is 19.3 Å². The van der Waals surface area contributed by atoms with E-state index in [1.807, 2.05) is 30.3 Å². The van der Waals surface area contributed by atoms with Crippen LogP contribution in [-0.2, 0) is 25.7 Å². The fourth-order valence-electron chi connectivity index (χ4n) is 2.74. The van der Waals surface area contributed by atoms with Gasteiger partial charge >= 0.3 is 12.1 Å². The number of carbonyl (C=O) groups is 3. The smallest absolute Gasteiger partial charge is 0.410 e. The number of methoxy groups -OCH3 is 1. The number of esters is 1. The summed E-state index contributed by atoms with van der Waals surface area (Å²) in [5.41, 5.74) is 0.843. The Kier molecular flexibility index (Phi) is 8.05. The SMILES string of the molecule is COC(=O)C(CSN=O)NC(=O)C1CCCN1C(=O)OCc1ccccc1. The molecule has 9 nitrogen and oxygen atoms in total. The predicted molar refractivity (Wildman–Crippen MR) is 98.6 cm³/mol. The van der Waals surface area contributed by atoms with E-state index in [4.69, 9.17) is 4.74 Å². The topological polar surface area (TPSA) is 114 Å². The maximum atomic E-state index is 12.5. The highest BCUT2D eigenvalue weighted by Gasteiger charge is 2.37. The van der Waals surface area contributed by atoms with E-state index in [1.54, 1.807) is 0 Å². The lowest BCUT2D eigenvalue weighted by molar-refractivity contribution is -0.144. The number of benzene rings is 1. The zero-order chi connectivity index (χ0) is 19.6. The molecular weight excluding hydrogens is 374 g/mol. The molecule has 2 rings (SSSR count). The normalized spacial score (nSPS) is 17.1. The van der Waals surface area contributed by atoms with Gasteiger partial charge in [0.25, 0.3) is 0 Å². The molecule has 1 aromatic carbocycles. The molecule has 146 valence electrons. The highest BCUT2D eigenvalue weighted by Crippen LogP contribution is 2.19. The van der Waals surface area contributed by atoms with E-state index in [2.05, 4.69) is 14.6 Å². The monoisotopic (exact) mass is 395 g/mol. The molecule has 0 aliphatic carbocycles. The zero-order valence-electron chi connectivity index (χ0n) is 14.8. The molecule has 1 heterocycles. The van der Waals surface area contributed by atoms with Crippen molar-refractivity contribution in [2.45, 2.75) is 31.5 Å². The molecule has 2 atom stereocenters. The molecule has 1 aliphatic heterocycles. The van der Waals surface area contributed by atoms with Crippen molar-refractivity contribution in [2.24, 2.45) is 4.58 Å². The van der Waals surface area contributed by atoms with E-state index in [1.165, 1.54) is 12.0 Å². The first-order valence-electron chi connectivity index (χ1n) is 8.37. The van der Waals surface area contributed by atoms with Crippen molar-refractivity contribution in [1.29, 1.82) is 0 Å². The van der Waals surface area contributed by atoms with Crippen LogP contribution in [-0.4, -0.2) is 54.4 Å². The molecule has 27 heavy (non-hydrogen) atoms. The lowest BCUT2D eigenvalue weighted by Crippen LogP contribution is -2.52. The Balaban J connectivity index is 1.94. The second-order valence-electron chi connectivity index (χ2n) is 5.85. The van der Waals surface area contributed by atoms with Crippen molar-refractivity contribution in [3.8, 4) is 0 Å². The van der Waals surface area contributed by atoms with Crippen molar-refractivity contribution in [3.05, 3.63) is 40.8 Å². The summed E-state index contributed by atoms with van der Waals surface area (Å²) in [7, 11) is 1.18. The van der Waals surface area contributed by atoms with Crippen LogP contribution < -0.4 is 5.32 Å². The average Bonchev–Trinajstić information content (AvgIpc) is 3.19. The molecule has 0 bridgehead atoms. The van der Waals surface area contributed by atoms with Gasteiger partial charge in [-0.3, -0.25) is 9.69 Å². The number of rotatable bonds is 8. The largest absolute Gasteiger partial charge is 0.467 e. The van der Waals surface area contributed by atoms with E-state index in [0.717, 1.165) is 5.56 Å². The number of hydrogen-bond acceptors (Lipinski definition) is 8. The molecule has 0 saturated carbocycles. The van der Waals surface area contributed by atoms with Crippen LogP contribution in [0.4, 0.5) is 4.79 Å². The van der Waals surface area contributed by atoms with Gasteiger partial charge in [-0.15, -0.1) is 4.91 Å². The molecular formula is C17H21N3O6S. The van der Waals surface area contributed by atoms with Gasteiger partial charge in [-0.25, -0.2) is 9.59 Å². The van der Waals surface area contributed by atoms with E-state index in [-0.39, 0.29) is 12.4 Å². The van der Waals surface area contributed by atoms with E-state index < -0.39 is 30.1 Å². The van der Waals surface area contributed by atoms with Gasteiger partial charge in [0.15, 0.2) is 0 Å². The molecule has 1 aliphatic rings. The van der Waals surface area contributed by atoms with Gasteiger partial charge in [0.05, 0.1) is 7.11 Å². The summed E-state index contributed by atoms with van der Waals surface area (Å²) < 4.78 is 12.5. The minimum absolute atomic E-state index is 0.0485. The van der Waals surface area contributed by atoms with Crippen LogP contribution in [0.15, 0.2) is 34.9 Å². The summed E-state index contributed by atoms with van der Waals surface area (Å²) in [5.74, 6) is -1.23. The third-order valence-electron chi connectivity index (χ3n) is 4.09. The fraction of sp³-hybridized carbons (Fsp3) is 0.471. The Morgan fingerprint density at radius 3 is 2.74 bits per heavy atom. The van der Waals surface area contributed by atoms with Crippen molar-refractivity contribution >= 4 is 29.9 Å². The van der Waals surface area contributed by atoms with Gasteiger partial charge in [0.2, 0.25) is 5.91 Å². The molecule has 1 N–H and O–H groups in total. The Bertz CT molecular complexity index is 672. The fourth-order valence-corrected chi connectivity index (χ4v) is 3.17. The number of nitrogens with zero attached hydrogens (tertiary/aromatic N) is 2. The summed E-state index contributed by atoms with van der Waals surface area (Å²) in [6.45, 7) is 0.496. The van der Waals surface area contributed by atoms with Gasteiger partial charge in [-0.1, -0.05) is 30.3 Å². The highest BCUT2D eigenvalue weighted by molar-refractivity contribution is 7.97. The van der Waals surface area contributed by atoms with Gasteiger partial charge in [0, 0.05) is 28.8 Å². The lowest BCUT2D eigenvalue weighted by Gasteiger charge is -2.25. The van der Waals surface area contributed by atoms with Crippen molar-refractivity contribution in [1.82, 2.24) is 10.2 Å². The third-order valence-corrected chi connectivity index (χ3v) is 4.68. The van der Waals surface area contributed by atoms with Crippen LogP contribution in [0.25, 0.3) is 0 Å². The molecule has 1 aromatic rings. The number of amides is 2. The Morgan fingerprint density at radius 2 is 2.07 bits per heavy atom. The Hall–Kier alpha value is -2.62. The van der Waals surface area contributed by atoms with E-state index in [0.29, 0.717) is 31.3 Å². The minimum Gasteiger partial charge on any atom is -0.467 e. The molecule has 10 heteroatoms. The zero-order valence-corrected chi connectivity index (χ0v) is 15.6. The second kappa shape index (κ2) is 10.5. The first-order valence-corrected chi connectivity index (χ1v) is 9.31. The molecule has 0 spiro atoms. The highest BCUT2D eigenvalue weighted by atomic mass is 32.2. The van der Waals surface area contributed by atoms with Crippen molar-refractivity contribution in [2.75, 3.05) is 19.4 Å². The van der Waals surface area contributed by atoms with Crippen LogP contribution in [0.1, 0.15) is 18.4 Å². The number of carbonyl (C=O) groups excluding carboxylic acids is 3. The van der Waals surface area contributed by atoms with Gasteiger partial charge in [-0.05, 0) is 18.4 Å². The average molecular weight is 395 g/mol. The maximum absolute atomic E-state index is 12.5. The molecule has 2 unspecified atom stereocenters. The first kappa shape index (κ1) is 20.7. The lowest BCUT2D eigenvalue weighted by atomic mass is 10.2. The molecule has 0 aromatic heterocycles. The van der Waals surface area contributed by atoms with Gasteiger partial charge < -0.3 is 14.8 Å². The number of nitroso groups, excluding NO2 is 1. The number of nitrogens with one attached hydrogen (secondary N) is 1. The Morgan fingerprint density at radius 1 is 1.33 bits per heavy atom. The van der Waals surface area contributed by atoms with Crippen molar-refractivity contribution < 1.29 is 23.9 Å². The molecule has 0 radical (unpaired) electrons. The third kappa shape index (κ3) is 5.95. The summed E-state index contributed by atoms with van der Waals surface area (Å²) >= 11 is 0.606. The van der Waals surface area contributed by atoms with Crippen LogP contribution in [0, 0.1) is 4.91 Å². The first-order chi connectivity index (χ1) is 13.1. The summed E-state index contributed by atoms with van der Waals surface area (Å²) in [5, 5.41) is 2.52. The van der Waals surface area contributed by atoms with Crippen LogP contribution in [0.3, 0.4) is 0 Å². The van der Waals surface area contributed by atoms with Gasteiger partial charge in [-0.2, -0.15) is 0 Å². The maximum Gasteiger partial charge on any atom is 0.410 e. The number of likely N-dealkylation sites (tertiary alicyclic amines) is 1. The molecule has 2 amide bonds. The van der Waals surface area contributed by atoms with Crippen LogP contribution >= 0.6 is 11.9 Å². The van der Waals surface area contributed by atoms with Crippen molar-refractivity contribution in [3.63, 3.8) is 0 Å². The molecule has 1 saturated heterocycles. The van der Waals surface area contributed by atoms with Crippen LogP contribution in [0.2, 0.25) is 0 Å². The number of ether oxygens (including phenoxy) is 2. The standard InChI is InChI=1S/C17H21N3O6S/c1-25-16(22)13(11-27-19-24)18-15(21)14-8-5-9-20(14)17(23)26-10-12-6-3-2-4-7-12/h2-4,6-7,13-14H,5,8-11H2,1H3,(H,18,21). The van der Waals surface area contributed by atoms with Crippen LogP contribution in [0.5, 0.6) is 0 Å². The minimum atomic E-state index is -1.02. The predicted octanol–water partition coefficient (Wildman–Crippen LogP) is 1.86. The van der Waals surface area contributed by atoms with E-state index >= 15 is 0 Å². The number of hydrogen-bond donors (Lipinski definition) is 1. The quantitative estimate of drug-likeness (QED) is 0.406.